The molecule has 111 heavy (non-hydrogen) atoms. The Morgan fingerprint density at radius 2 is 1.14 bits per heavy atom. The molecule has 8 rings (SSSR count). The Balaban J connectivity index is 1.21. The first-order chi connectivity index (χ1) is 52.3. The van der Waals surface area contributed by atoms with Gasteiger partial charge in [-0.25, -0.2) is 0 Å². The lowest BCUT2D eigenvalue weighted by Gasteiger charge is -2.44. The number of rotatable bonds is 13. The summed E-state index contributed by atoms with van der Waals surface area (Å²) in [5, 5.41) is 10.0. The minimum atomic E-state index is -4.61. The molecule has 0 bridgehead atoms. The Morgan fingerprint density at radius 3 is 1.71 bits per heavy atom. The van der Waals surface area contributed by atoms with E-state index in [0.717, 1.165) is 54.7 Å². The largest absolute Gasteiger partial charge is 0.403 e. The average molecular weight is 1600 g/mol. The predicted molar refractivity (Wildman–Crippen MR) is 404 cm³/mol. The number of amides is 12. The summed E-state index contributed by atoms with van der Waals surface area (Å²) in [6, 6.07) is -12.4. The lowest BCUT2D eigenvalue weighted by molar-refractivity contribution is -0.182. The lowest BCUT2D eigenvalue weighted by Crippen LogP contribution is -2.66. The third-order valence-electron chi connectivity index (χ3n) is 26.0. The molecule has 4 aliphatic heterocycles. The SMILES string of the molecule is CC[C@H](C)[C@@H]1NC(=O)[C@H](CC(C)C)N(C)C(=O)C[C@@H](C(=O)N2CCCCC2)N(C)C(=O)[C@H](C2CCCCC2)N(C)C(=O)C2(CCCC2)NC(=O)[C@H](CC2CCC(C(F)(F)F)NC2)N(C)C(=O)[C@H](CCC2CCC(C(F)(F)F)C(Cl)C2)NC(=O)CN(C)C(=O)[C@H](CC2CCCCC2)N(C)C(=O)[C@@H]2CCN2C(=O)CN(C)C1=O. The van der Waals surface area contributed by atoms with Gasteiger partial charge < -0.3 is 65.4 Å². The highest BCUT2D eigenvalue weighted by atomic mass is 35.5. The van der Waals surface area contributed by atoms with Crippen molar-refractivity contribution in [3.63, 3.8) is 0 Å². The zero-order chi connectivity index (χ0) is 81.7. The number of hydrogen-bond acceptors (Lipinski definition) is 13. The topological polar surface area (TPSA) is 282 Å². The maximum absolute atomic E-state index is 16.1. The van der Waals surface area contributed by atoms with E-state index in [1.165, 1.54) is 78.7 Å². The Morgan fingerprint density at radius 1 is 0.550 bits per heavy atom. The van der Waals surface area contributed by atoms with Crippen molar-refractivity contribution in [2.24, 2.45) is 41.4 Å². The third kappa shape index (κ3) is 22.7. The van der Waals surface area contributed by atoms with Gasteiger partial charge in [-0.1, -0.05) is 98.3 Å². The molecule has 0 radical (unpaired) electrons. The van der Waals surface area contributed by atoms with Gasteiger partial charge in [0, 0.05) is 74.3 Å². The second kappa shape index (κ2) is 39.7. The van der Waals surface area contributed by atoms with Crippen LogP contribution in [0.4, 0.5) is 26.3 Å². The van der Waals surface area contributed by atoms with Crippen LogP contribution in [0.3, 0.4) is 0 Å². The third-order valence-corrected chi connectivity index (χ3v) is 26.5. The van der Waals surface area contributed by atoms with E-state index in [4.69, 9.17) is 11.6 Å². The highest BCUT2D eigenvalue weighted by Crippen LogP contribution is 2.44. The van der Waals surface area contributed by atoms with Gasteiger partial charge in [-0.05, 0) is 158 Å². The quantitative estimate of drug-likeness (QED) is 0.101. The van der Waals surface area contributed by atoms with E-state index >= 15 is 38.4 Å². The van der Waals surface area contributed by atoms with Crippen LogP contribution in [0, 0.1) is 41.4 Å². The van der Waals surface area contributed by atoms with Crippen molar-refractivity contribution in [1.82, 2.24) is 65.4 Å². The van der Waals surface area contributed by atoms with E-state index in [0.29, 0.717) is 70.9 Å². The molecule has 0 aromatic rings. The van der Waals surface area contributed by atoms with Crippen LogP contribution in [0.25, 0.3) is 0 Å². The molecular weight excluding hydrogens is 1470 g/mol. The van der Waals surface area contributed by atoms with Crippen molar-refractivity contribution >= 4 is 82.5 Å². The Labute approximate surface area is 656 Å². The van der Waals surface area contributed by atoms with Gasteiger partial charge in [0.15, 0.2) is 0 Å². The second-order valence-corrected chi connectivity index (χ2v) is 34.8. The van der Waals surface area contributed by atoms with Crippen molar-refractivity contribution in [3.8, 4) is 0 Å². The number of carbonyl (C=O) groups excluding carboxylic acids is 12. The number of alkyl halides is 7. The number of carbonyl (C=O) groups is 12. The molecule has 5 unspecified atom stereocenters. The predicted octanol–water partition coefficient (Wildman–Crippen LogP) is 7.78. The van der Waals surface area contributed by atoms with Gasteiger partial charge in [0.05, 0.1) is 25.4 Å². The van der Waals surface area contributed by atoms with Gasteiger partial charge in [0.25, 0.3) is 0 Å². The summed E-state index contributed by atoms with van der Waals surface area (Å²) in [7, 11) is 9.82. The highest BCUT2D eigenvalue weighted by Gasteiger charge is 2.53. The van der Waals surface area contributed by atoms with Crippen molar-refractivity contribution in [1.29, 1.82) is 0 Å². The first kappa shape index (κ1) is 90.0. The molecule has 12 amide bonds. The minimum absolute atomic E-state index is 0.0215. The Bertz CT molecular complexity index is 3250. The van der Waals surface area contributed by atoms with Crippen molar-refractivity contribution < 1.29 is 83.9 Å². The number of nitrogens with one attached hydrogen (secondary N) is 4. The zero-order valence-corrected chi connectivity index (χ0v) is 68.1. The summed E-state index contributed by atoms with van der Waals surface area (Å²) in [4.78, 5) is 195. The molecule has 0 aromatic carbocycles. The van der Waals surface area contributed by atoms with Crippen LogP contribution in [0.15, 0.2) is 0 Å². The number of fused-ring (bicyclic) bond motifs is 1. The van der Waals surface area contributed by atoms with E-state index in [1.807, 2.05) is 20.8 Å². The van der Waals surface area contributed by atoms with Crippen LogP contribution in [-0.4, -0.2) is 281 Å². The summed E-state index contributed by atoms with van der Waals surface area (Å²) >= 11 is 6.45. The van der Waals surface area contributed by atoms with Gasteiger partial charge in [-0.15, -0.1) is 11.6 Å². The number of nitrogens with zero attached hydrogens (tertiary/aromatic N) is 9. The molecule has 8 fully saturated rings. The normalized spacial score (nSPS) is 31.2. The average Bonchev–Trinajstić information content (AvgIpc) is 1.76. The molecule has 4 saturated heterocycles. The number of likely N-dealkylation sites (tertiary alicyclic amines) is 1. The van der Waals surface area contributed by atoms with Gasteiger partial charge >= 0.3 is 12.4 Å². The number of likely N-dealkylation sites (N-methyl/N-ethyl adjacent to an activating group) is 7. The first-order valence-electron chi connectivity index (χ1n) is 41.1. The summed E-state index contributed by atoms with van der Waals surface area (Å²) in [5.74, 6) is -12.5. The molecule has 0 aromatic heterocycles. The summed E-state index contributed by atoms with van der Waals surface area (Å²) < 4.78 is 85.3. The van der Waals surface area contributed by atoms with E-state index in [2.05, 4.69) is 21.3 Å². The van der Waals surface area contributed by atoms with Crippen LogP contribution in [-0.2, 0) is 57.5 Å². The molecule has 4 N–H and O–H groups in total. The zero-order valence-electron chi connectivity index (χ0n) is 67.3. The van der Waals surface area contributed by atoms with E-state index < -0.39 is 198 Å². The van der Waals surface area contributed by atoms with Gasteiger partial charge in [0.1, 0.15) is 59.9 Å². The summed E-state index contributed by atoms with van der Waals surface area (Å²) in [5.41, 5.74) is -1.76. The van der Waals surface area contributed by atoms with Gasteiger partial charge in [-0.3, -0.25) is 57.5 Å². The number of halogens is 7. The standard InChI is InChI=1S/C79H126ClF6N13O12/c1-12-49(4)66-74(109)92(6)47-65(102)99-39-34-57(99)72(107)95(9)60(42-50-24-16-13-17-25-50)71(106)91(5)46-63(100)88-56(32-29-51-28-31-54(55(80)41-51)78(81,82)83)70(105)94(8)59(43-52-30-33-62(87-45-52)79(84,85)86)69(104)90-77(35-20-21-36-77)76(111)97(11)67(53-26-18-14-19-27-53)75(110)96(10)61(73(108)98-37-22-15-23-38-98)44-64(101)93(7)58(40-48(2)3)68(103)89-66/h48-62,66-67,87H,12-47H2,1-11H3,(H,88,100)(H,89,103)(H,90,104)/t49-,51?,52?,54?,55?,56-,57-,58-,59-,60-,61-,62?,66-,67-/m0/s1. The van der Waals surface area contributed by atoms with Crippen molar-refractivity contribution in [2.75, 3.05) is 88.6 Å². The van der Waals surface area contributed by atoms with Crippen LogP contribution in [0.1, 0.15) is 220 Å². The molecule has 25 nitrogen and oxygen atoms in total. The second-order valence-electron chi connectivity index (χ2n) is 34.3. The number of piperidine rings is 2. The first-order valence-corrected chi connectivity index (χ1v) is 41.6. The van der Waals surface area contributed by atoms with E-state index in [9.17, 15) is 45.5 Å². The van der Waals surface area contributed by atoms with Crippen LogP contribution in [0.5, 0.6) is 0 Å². The maximum atomic E-state index is 16.1. The Hall–Kier alpha value is -6.53. The van der Waals surface area contributed by atoms with Crippen LogP contribution in [0.2, 0.25) is 0 Å². The molecule has 4 saturated carbocycles. The molecular formula is C79H126ClF6N13O12. The van der Waals surface area contributed by atoms with Crippen LogP contribution >= 0.6 is 11.6 Å². The van der Waals surface area contributed by atoms with E-state index in [-0.39, 0.29) is 108 Å². The molecule has 8 aliphatic rings. The smallest absolute Gasteiger partial charge is 0.343 e. The summed E-state index contributed by atoms with van der Waals surface area (Å²) in [6.07, 6.45) is 0.301. The highest BCUT2D eigenvalue weighted by molar-refractivity contribution is 6.21. The molecule has 4 aliphatic carbocycles. The molecule has 32 heteroatoms. The van der Waals surface area contributed by atoms with Crippen LogP contribution < -0.4 is 21.3 Å². The fourth-order valence-corrected chi connectivity index (χ4v) is 19.1. The minimum Gasteiger partial charge on any atom is -0.343 e. The maximum Gasteiger partial charge on any atom is 0.403 e. The fourth-order valence-electron chi connectivity index (χ4n) is 18.6. The van der Waals surface area contributed by atoms with E-state index in [1.54, 1.807) is 11.8 Å². The van der Waals surface area contributed by atoms with Gasteiger partial charge in [-0.2, -0.15) is 26.3 Å². The lowest BCUT2D eigenvalue weighted by atomic mass is 9.78. The molecule has 14 atom stereocenters. The van der Waals surface area contributed by atoms with Crippen molar-refractivity contribution in [2.45, 2.75) is 298 Å². The van der Waals surface area contributed by atoms with Crippen molar-refractivity contribution in [3.05, 3.63) is 0 Å². The molecule has 4 heterocycles. The fraction of sp³-hybridized carbons (Fsp3) is 0.848. The molecule has 1 spiro atoms. The monoisotopic (exact) mass is 1600 g/mol. The summed E-state index contributed by atoms with van der Waals surface area (Å²) in [6.45, 7) is 6.65. The molecule has 628 valence electrons. The Kier molecular flexibility index (Phi) is 32.2. The number of hydrogen-bond donors (Lipinski definition) is 4. The van der Waals surface area contributed by atoms with Gasteiger partial charge in [0.2, 0.25) is 70.9 Å².